The Labute approximate surface area is 126 Å². The molecule has 0 spiro atoms. The van der Waals surface area contributed by atoms with Crippen molar-refractivity contribution in [2.75, 3.05) is 18.5 Å². The van der Waals surface area contributed by atoms with Crippen molar-refractivity contribution in [1.82, 2.24) is 9.55 Å². The monoisotopic (exact) mass is 305 g/mol. The summed E-state index contributed by atoms with van der Waals surface area (Å²) in [6.45, 7) is 1.68. The SMILES string of the molecule is CN1CCCn2c1cc(SCc1ccc(F)cc1)nc2=O. The molecule has 2 aromatic rings. The Morgan fingerprint density at radius 2 is 2.05 bits per heavy atom. The quantitative estimate of drug-likeness (QED) is 0.645. The van der Waals surface area contributed by atoms with Crippen molar-refractivity contribution >= 4 is 17.6 Å². The molecule has 0 atom stereocenters. The second-order valence-corrected chi connectivity index (χ2v) is 6.07. The van der Waals surface area contributed by atoms with Gasteiger partial charge in [-0.05, 0) is 24.1 Å². The van der Waals surface area contributed by atoms with E-state index in [1.807, 2.05) is 13.1 Å². The van der Waals surface area contributed by atoms with Gasteiger partial charge in [0.15, 0.2) is 0 Å². The molecule has 4 nitrogen and oxygen atoms in total. The van der Waals surface area contributed by atoms with Gasteiger partial charge in [0.25, 0.3) is 0 Å². The lowest BCUT2D eigenvalue weighted by Gasteiger charge is -2.28. The maximum Gasteiger partial charge on any atom is 0.350 e. The van der Waals surface area contributed by atoms with Gasteiger partial charge in [-0.1, -0.05) is 12.1 Å². The van der Waals surface area contributed by atoms with E-state index < -0.39 is 0 Å². The van der Waals surface area contributed by atoms with Crippen molar-refractivity contribution in [3.8, 4) is 0 Å². The molecule has 6 heteroatoms. The Bertz CT molecular complexity index is 699. The predicted octanol–water partition coefficient (Wildman–Crippen LogP) is 2.51. The Balaban J connectivity index is 1.80. The van der Waals surface area contributed by atoms with Crippen molar-refractivity contribution in [1.29, 1.82) is 0 Å². The van der Waals surface area contributed by atoms with Gasteiger partial charge in [0.1, 0.15) is 16.7 Å². The largest absolute Gasteiger partial charge is 0.361 e. The molecule has 0 aliphatic carbocycles. The molecule has 3 rings (SSSR count). The molecule has 0 unspecified atom stereocenters. The molecule has 1 aliphatic heterocycles. The molecule has 0 bridgehead atoms. The lowest BCUT2D eigenvalue weighted by Crippen LogP contribution is -2.36. The molecule has 0 saturated heterocycles. The average Bonchev–Trinajstić information content (AvgIpc) is 2.48. The first-order valence-electron chi connectivity index (χ1n) is 6.84. The van der Waals surface area contributed by atoms with Gasteiger partial charge in [-0.2, -0.15) is 4.98 Å². The van der Waals surface area contributed by atoms with Crippen LogP contribution < -0.4 is 10.6 Å². The second kappa shape index (κ2) is 5.89. The van der Waals surface area contributed by atoms with E-state index in [9.17, 15) is 9.18 Å². The van der Waals surface area contributed by atoms with Crippen LogP contribution in [0, 0.1) is 5.82 Å². The van der Waals surface area contributed by atoms with Crippen LogP contribution in [0.3, 0.4) is 0 Å². The molecule has 2 heterocycles. The Morgan fingerprint density at radius 1 is 1.29 bits per heavy atom. The Morgan fingerprint density at radius 3 is 2.81 bits per heavy atom. The van der Waals surface area contributed by atoms with Crippen molar-refractivity contribution in [2.24, 2.45) is 0 Å². The summed E-state index contributed by atoms with van der Waals surface area (Å²) in [5.74, 6) is 1.35. The third-order valence-corrected chi connectivity index (χ3v) is 4.51. The number of rotatable bonds is 3. The van der Waals surface area contributed by atoms with Crippen LogP contribution in [0.1, 0.15) is 12.0 Å². The van der Waals surface area contributed by atoms with Crippen LogP contribution in [-0.2, 0) is 12.3 Å². The summed E-state index contributed by atoms with van der Waals surface area (Å²) < 4.78 is 14.6. The zero-order valence-corrected chi connectivity index (χ0v) is 12.6. The molecule has 1 aliphatic rings. The summed E-state index contributed by atoms with van der Waals surface area (Å²) in [5, 5.41) is 0.712. The predicted molar refractivity (Wildman–Crippen MR) is 82.3 cm³/mol. The van der Waals surface area contributed by atoms with Gasteiger partial charge in [-0.15, -0.1) is 11.8 Å². The number of nitrogens with zero attached hydrogens (tertiary/aromatic N) is 3. The zero-order chi connectivity index (χ0) is 14.8. The van der Waals surface area contributed by atoms with Crippen molar-refractivity contribution in [3.63, 3.8) is 0 Å². The van der Waals surface area contributed by atoms with E-state index in [0.29, 0.717) is 10.8 Å². The number of hydrogen-bond donors (Lipinski definition) is 0. The maximum atomic E-state index is 12.9. The third-order valence-electron chi connectivity index (χ3n) is 3.53. The molecule has 0 saturated carbocycles. The molecule has 21 heavy (non-hydrogen) atoms. The summed E-state index contributed by atoms with van der Waals surface area (Å²) in [4.78, 5) is 18.2. The molecule has 0 N–H and O–H groups in total. The van der Waals surface area contributed by atoms with Gasteiger partial charge in [0, 0.05) is 32.0 Å². The fourth-order valence-corrected chi connectivity index (χ4v) is 3.23. The lowest BCUT2D eigenvalue weighted by molar-refractivity contribution is 0.548. The van der Waals surface area contributed by atoms with Crippen molar-refractivity contribution in [3.05, 3.63) is 52.2 Å². The molecule has 0 fully saturated rings. The molecule has 1 aromatic carbocycles. The Hall–Kier alpha value is -1.82. The smallest absolute Gasteiger partial charge is 0.350 e. The summed E-state index contributed by atoms with van der Waals surface area (Å²) in [7, 11) is 1.98. The third kappa shape index (κ3) is 3.10. The molecule has 0 amide bonds. The minimum absolute atomic E-state index is 0.194. The van der Waals surface area contributed by atoms with Gasteiger partial charge in [0.2, 0.25) is 0 Å². The van der Waals surface area contributed by atoms with Gasteiger partial charge in [-0.3, -0.25) is 4.57 Å². The van der Waals surface area contributed by atoms with Crippen LogP contribution >= 0.6 is 11.8 Å². The van der Waals surface area contributed by atoms with Gasteiger partial charge >= 0.3 is 5.69 Å². The van der Waals surface area contributed by atoms with E-state index in [1.54, 1.807) is 16.7 Å². The highest BCUT2D eigenvalue weighted by Gasteiger charge is 2.16. The zero-order valence-electron chi connectivity index (χ0n) is 11.8. The van der Waals surface area contributed by atoms with Crippen LogP contribution in [0.5, 0.6) is 0 Å². The maximum absolute atomic E-state index is 12.9. The number of benzene rings is 1. The van der Waals surface area contributed by atoms with E-state index in [1.165, 1.54) is 23.9 Å². The van der Waals surface area contributed by atoms with Gasteiger partial charge in [-0.25, -0.2) is 9.18 Å². The average molecular weight is 305 g/mol. The molecule has 0 radical (unpaired) electrons. The van der Waals surface area contributed by atoms with Crippen LogP contribution in [0.2, 0.25) is 0 Å². The van der Waals surface area contributed by atoms with E-state index in [0.717, 1.165) is 30.9 Å². The van der Waals surface area contributed by atoms with Crippen LogP contribution in [0.4, 0.5) is 10.2 Å². The second-order valence-electron chi connectivity index (χ2n) is 5.08. The lowest BCUT2D eigenvalue weighted by atomic mass is 10.2. The molecular weight excluding hydrogens is 289 g/mol. The van der Waals surface area contributed by atoms with Crippen LogP contribution in [0.25, 0.3) is 0 Å². The minimum Gasteiger partial charge on any atom is -0.361 e. The normalized spacial score (nSPS) is 14.1. The fourth-order valence-electron chi connectivity index (χ4n) is 2.39. The number of fused-ring (bicyclic) bond motifs is 1. The number of halogens is 1. The van der Waals surface area contributed by atoms with E-state index in [4.69, 9.17) is 0 Å². The highest BCUT2D eigenvalue weighted by Crippen LogP contribution is 2.25. The van der Waals surface area contributed by atoms with Crippen LogP contribution in [0.15, 0.2) is 40.2 Å². The minimum atomic E-state index is -0.240. The highest BCUT2D eigenvalue weighted by atomic mass is 32.2. The highest BCUT2D eigenvalue weighted by molar-refractivity contribution is 7.98. The summed E-state index contributed by atoms with van der Waals surface area (Å²) in [6, 6.07) is 8.34. The van der Waals surface area contributed by atoms with Crippen molar-refractivity contribution < 1.29 is 4.39 Å². The van der Waals surface area contributed by atoms with Gasteiger partial charge < -0.3 is 4.90 Å². The number of hydrogen-bond acceptors (Lipinski definition) is 4. The summed E-state index contributed by atoms with van der Waals surface area (Å²) in [6.07, 6.45) is 0.965. The fraction of sp³-hybridized carbons (Fsp3) is 0.333. The Kier molecular flexibility index (Phi) is 3.96. The van der Waals surface area contributed by atoms with Crippen molar-refractivity contribution in [2.45, 2.75) is 23.7 Å². The van der Waals surface area contributed by atoms with Crippen LogP contribution in [-0.4, -0.2) is 23.1 Å². The topological polar surface area (TPSA) is 38.1 Å². The number of aromatic nitrogens is 2. The molecule has 1 aromatic heterocycles. The first-order valence-corrected chi connectivity index (χ1v) is 7.82. The van der Waals surface area contributed by atoms with E-state index in [2.05, 4.69) is 9.88 Å². The summed E-state index contributed by atoms with van der Waals surface area (Å²) in [5.41, 5.74) is 0.815. The van der Waals surface area contributed by atoms with Gasteiger partial charge in [0.05, 0.1) is 0 Å². The number of thioether (sulfide) groups is 1. The number of anilines is 1. The van der Waals surface area contributed by atoms with E-state index >= 15 is 0 Å². The summed E-state index contributed by atoms with van der Waals surface area (Å²) >= 11 is 1.49. The first kappa shape index (κ1) is 14.1. The molecular formula is C15H16FN3OS. The van der Waals surface area contributed by atoms with E-state index in [-0.39, 0.29) is 11.5 Å². The standard InChI is InChI=1S/C15H16FN3OS/c1-18-7-2-8-19-14(18)9-13(17-15(19)20)21-10-11-3-5-12(16)6-4-11/h3-6,9H,2,7-8,10H2,1H3. The first-order chi connectivity index (χ1) is 10.1. The molecule has 110 valence electrons.